The first-order valence-corrected chi connectivity index (χ1v) is 6.74. The summed E-state index contributed by atoms with van der Waals surface area (Å²) in [5.41, 5.74) is 2.40. The molecule has 0 heterocycles. The van der Waals surface area contributed by atoms with E-state index in [1.807, 2.05) is 19.9 Å². The molecule has 0 aromatic heterocycles. The van der Waals surface area contributed by atoms with Gasteiger partial charge in [-0.2, -0.15) is 0 Å². The van der Waals surface area contributed by atoms with E-state index in [2.05, 4.69) is 5.32 Å². The summed E-state index contributed by atoms with van der Waals surface area (Å²) < 4.78 is 0. The van der Waals surface area contributed by atoms with Gasteiger partial charge in [0.2, 0.25) is 0 Å². The quantitative estimate of drug-likeness (QED) is 0.461. The van der Waals surface area contributed by atoms with Gasteiger partial charge >= 0.3 is 0 Å². The Morgan fingerprint density at radius 1 is 0.909 bits per heavy atom. The molecule has 0 aliphatic rings. The summed E-state index contributed by atoms with van der Waals surface area (Å²) in [7, 11) is 0. The van der Waals surface area contributed by atoms with Crippen LogP contribution in [0.5, 0.6) is 11.5 Å². The number of phenols is 2. The number of carbonyl (C=O) groups excluding carboxylic acids is 2. The zero-order chi connectivity index (χ0) is 16.4. The summed E-state index contributed by atoms with van der Waals surface area (Å²) in [6, 6.07) is 7.69. The van der Waals surface area contributed by atoms with Crippen molar-refractivity contribution in [3.63, 3.8) is 0 Å². The Morgan fingerprint density at radius 3 is 2.05 bits per heavy atom. The van der Waals surface area contributed by atoms with Crippen LogP contribution in [0.15, 0.2) is 30.3 Å². The highest BCUT2D eigenvalue weighted by Crippen LogP contribution is 2.32. The molecule has 0 saturated carbocycles. The Balaban J connectivity index is 2.32. The van der Waals surface area contributed by atoms with Crippen LogP contribution in [0, 0.1) is 13.8 Å². The van der Waals surface area contributed by atoms with Gasteiger partial charge in [0.15, 0.2) is 5.78 Å². The molecule has 0 unspecified atom stereocenters. The molecule has 3 N–H and O–H groups in total. The lowest BCUT2D eigenvalue weighted by Gasteiger charge is -2.11. The van der Waals surface area contributed by atoms with Gasteiger partial charge in [0.05, 0.1) is 11.3 Å². The lowest BCUT2D eigenvalue weighted by molar-refractivity contribution is 0.101. The van der Waals surface area contributed by atoms with Gasteiger partial charge < -0.3 is 15.5 Å². The molecule has 0 aliphatic carbocycles. The Labute approximate surface area is 128 Å². The number of carbonyl (C=O) groups is 2. The van der Waals surface area contributed by atoms with E-state index < -0.39 is 5.91 Å². The van der Waals surface area contributed by atoms with Crippen molar-refractivity contribution in [2.45, 2.75) is 20.8 Å². The van der Waals surface area contributed by atoms with Crippen LogP contribution in [0.3, 0.4) is 0 Å². The lowest BCUT2D eigenvalue weighted by Crippen LogP contribution is -2.12. The zero-order valence-electron chi connectivity index (χ0n) is 12.6. The number of nitrogens with one attached hydrogen (secondary N) is 1. The van der Waals surface area contributed by atoms with E-state index in [0.29, 0.717) is 5.56 Å². The van der Waals surface area contributed by atoms with Crippen LogP contribution >= 0.6 is 0 Å². The molecule has 0 spiro atoms. The molecule has 0 saturated heterocycles. The van der Waals surface area contributed by atoms with Crippen LogP contribution < -0.4 is 5.32 Å². The van der Waals surface area contributed by atoms with E-state index in [-0.39, 0.29) is 28.5 Å². The molecule has 0 aliphatic heterocycles. The third-order valence-corrected chi connectivity index (χ3v) is 3.23. The SMILES string of the molecule is CC(=O)c1cc(O)c(NC(=O)c2cc(C)cc(C)c2)cc1O. The second-order valence-electron chi connectivity index (χ2n) is 5.27. The standard InChI is InChI=1S/C17H17NO4/c1-9-4-10(2)6-12(5-9)17(22)18-14-8-15(20)13(11(3)19)7-16(14)21/h4-8,20-21H,1-3H3,(H,18,22). The molecule has 5 nitrogen and oxygen atoms in total. The number of amides is 1. The van der Waals surface area contributed by atoms with Crippen molar-refractivity contribution >= 4 is 17.4 Å². The fourth-order valence-corrected chi connectivity index (χ4v) is 2.26. The third kappa shape index (κ3) is 3.25. The fraction of sp³-hybridized carbons (Fsp3) is 0.176. The van der Waals surface area contributed by atoms with Crippen molar-refractivity contribution in [2.24, 2.45) is 0 Å². The van der Waals surface area contributed by atoms with Crippen LogP contribution in [0.25, 0.3) is 0 Å². The highest BCUT2D eigenvalue weighted by atomic mass is 16.3. The maximum Gasteiger partial charge on any atom is 0.255 e. The average molecular weight is 299 g/mol. The minimum Gasteiger partial charge on any atom is -0.507 e. The second-order valence-corrected chi connectivity index (χ2v) is 5.27. The van der Waals surface area contributed by atoms with Crippen molar-refractivity contribution in [1.29, 1.82) is 0 Å². The van der Waals surface area contributed by atoms with Crippen LogP contribution in [0.2, 0.25) is 0 Å². The minimum atomic E-state index is -0.405. The van der Waals surface area contributed by atoms with E-state index in [1.54, 1.807) is 12.1 Å². The van der Waals surface area contributed by atoms with Gasteiger partial charge in [-0.25, -0.2) is 0 Å². The smallest absolute Gasteiger partial charge is 0.255 e. The number of rotatable bonds is 3. The molecule has 2 aromatic rings. The largest absolute Gasteiger partial charge is 0.507 e. The fourth-order valence-electron chi connectivity index (χ4n) is 2.26. The number of anilines is 1. The predicted octanol–water partition coefficient (Wildman–Crippen LogP) is 3.17. The molecule has 1 amide bonds. The molecular formula is C17H17NO4. The highest BCUT2D eigenvalue weighted by molar-refractivity contribution is 6.06. The van der Waals surface area contributed by atoms with Crippen LogP contribution in [0.4, 0.5) is 5.69 Å². The van der Waals surface area contributed by atoms with Crippen molar-refractivity contribution in [2.75, 3.05) is 5.32 Å². The summed E-state index contributed by atoms with van der Waals surface area (Å²) in [5.74, 6) is -1.35. The molecular weight excluding hydrogens is 282 g/mol. The number of aryl methyl sites for hydroxylation is 2. The van der Waals surface area contributed by atoms with Crippen LogP contribution in [-0.2, 0) is 0 Å². The number of Topliss-reactive ketones (excluding diaryl/α,β-unsaturated/α-hetero) is 1. The van der Waals surface area contributed by atoms with E-state index in [4.69, 9.17) is 0 Å². The second kappa shape index (κ2) is 5.89. The number of ketones is 1. The Hall–Kier alpha value is -2.82. The lowest BCUT2D eigenvalue weighted by atomic mass is 10.1. The maximum absolute atomic E-state index is 12.2. The molecule has 114 valence electrons. The first-order valence-electron chi connectivity index (χ1n) is 6.74. The first-order chi connectivity index (χ1) is 10.3. The normalized spacial score (nSPS) is 10.3. The molecule has 2 aromatic carbocycles. The molecule has 5 heteroatoms. The van der Waals surface area contributed by atoms with E-state index in [9.17, 15) is 19.8 Å². The van der Waals surface area contributed by atoms with Gasteiger partial charge in [-0.05, 0) is 39.0 Å². The number of hydrogen-bond acceptors (Lipinski definition) is 4. The van der Waals surface area contributed by atoms with Crippen molar-refractivity contribution < 1.29 is 19.8 Å². The Kier molecular flexibility index (Phi) is 4.17. The summed E-state index contributed by atoms with van der Waals surface area (Å²) in [6.45, 7) is 5.05. The minimum absolute atomic E-state index is 0.00176. The molecule has 0 fully saturated rings. The zero-order valence-corrected chi connectivity index (χ0v) is 12.6. The van der Waals surface area contributed by atoms with E-state index >= 15 is 0 Å². The summed E-state index contributed by atoms with van der Waals surface area (Å²) in [6.07, 6.45) is 0. The van der Waals surface area contributed by atoms with Gasteiger partial charge in [0.25, 0.3) is 5.91 Å². The maximum atomic E-state index is 12.2. The van der Waals surface area contributed by atoms with E-state index in [0.717, 1.165) is 23.3 Å². The summed E-state index contributed by atoms with van der Waals surface area (Å²) in [5, 5.41) is 22.2. The van der Waals surface area contributed by atoms with E-state index in [1.165, 1.54) is 6.92 Å². The number of hydrogen-bond donors (Lipinski definition) is 3. The van der Waals surface area contributed by atoms with Crippen molar-refractivity contribution in [3.8, 4) is 11.5 Å². The molecule has 0 atom stereocenters. The molecule has 0 bridgehead atoms. The highest BCUT2D eigenvalue weighted by Gasteiger charge is 2.15. The summed E-state index contributed by atoms with van der Waals surface area (Å²) in [4.78, 5) is 23.5. The van der Waals surface area contributed by atoms with Gasteiger partial charge in [0.1, 0.15) is 11.5 Å². The molecule has 0 radical (unpaired) electrons. The van der Waals surface area contributed by atoms with Gasteiger partial charge in [-0.15, -0.1) is 0 Å². The van der Waals surface area contributed by atoms with Gasteiger partial charge in [-0.1, -0.05) is 17.2 Å². The van der Waals surface area contributed by atoms with Gasteiger partial charge in [-0.3, -0.25) is 9.59 Å². The third-order valence-electron chi connectivity index (χ3n) is 3.23. The van der Waals surface area contributed by atoms with Crippen LogP contribution in [0.1, 0.15) is 38.8 Å². The average Bonchev–Trinajstić information content (AvgIpc) is 2.41. The monoisotopic (exact) mass is 299 g/mol. The van der Waals surface area contributed by atoms with Crippen molar-refractivity contribution in [3.05, 3.63) is 52.6 Å². The Bertz CT molecular complexity index is 745. The summed E-state index contributed by atoms with van der Waals surface area (Å²) >= 11 is 0. The topological polar surface area (TPSA) is 86.6 Å². The van der Waals surface area contributed by atoms with Crippen LogP contribution in [-0.4, -0.2) is 21.9 Å². The van der Waals surface area contributed by atoms with Gasteiger partial charge in [0, 0.05) is 11.6 Å². The number of aromatic hydroxyl groups is 2. The molecule has 22 heavy (non-hydrogen) atoms. The first kappa shape index (κ1) is 15.6. The number of benzene rings is 2. The Morgan fingerprint density at radius 2 is 1.50 bits per heavy atom. The van der Waals surface area contributed by atoms with Crippen molar-refractivity contribution in [1.82, 2.24) is 0 Å². The molecule has 2 rings (SSSR count). The number of phenolic OH excluding ortho intramolecular Hbond substituents is 2. The predicted molar refractivity (Wildman–Crippen MR) is 83.6 cm³/mol.